The zero-order valence-corrected chi connectivity index (χ0v) is 19.9. The lowest BCUT2D eigenvalue weighted by Gasteiger charge is -2.18. The zero-order valence-electron chi connectivity index (χ0n) is 18.2. The van der Waals surface area contributed by atoms with Gasteiger partial charge in [0, 0.05) is 43.7 Å². The van der Waals surface area contributed by atoms with Crippen LogP contribution in [0.3, 0.4) is 0 Å². The number of halogens is 1. The molecule has 0 N–H and O–H groups in total. The highest BCUT2D eigenvalue weighted by atomic mass is 35.5. The van der Waals surface area contributed by atoms with Crippen molar-refractivity contribution in [1.29, 1.82) is 0 Å². The molecule has 2 aromatic carbocycles. The average Bonchev–Trinajstić information content (AvgIpc) is 3.49. The molecule has 0 bridgehead atoms. The summed E-state index contributed by atoms with van der Waals surface area (Å²) >= 11 is 1.41. The fourth-order valence-electron chi connectivity index (χ4n) is 3.27. The molecule has 4 aromatic rings. The third kappa shape index (κ3) is 5.97. The van der Waals surface area contributed by atoms with E-state index >= 15 is 0 Å². The van der Waals surface area contributed by atoms with Crippen LogP contribution in [0.25, 0.3) is 16.3 Å². The first kappa shape index (κ1) is 24.9. The topological polar surface area (TPSA) is 103 Å². The van der Waals surface area contributed by atoms with Gasteiger partial charge >= 0.3 is 0 Å². The molecule has 0 atom stereocenters. The number of methoxy groups -OCH3 is 1. The van der Waals surface area contributed by atoms with Crippen LogP contribution in [0.15, 0.2) is 67.3 Å². The number of non-ortho nitro benzene ring substituents is 1. The molecule has 0 aliphatic carbocycles. The van der Waals surface area contributed by atoms with Gasteiger partial charge in [-0.1, -0.05) is 23.5 Å². The third-order valence-corrected chi connectivity index (χ3v) is 5.98. The van der Waals surface area contributed by atoms with E-state index < -0.39 is 4.92 Å². The minimum absolute atomic E-state index is 0. The van der Waals surface area contributed by atoms with Gasteiger partial charge in [0.05, 0.1) is 28.6 Å². The number of carbonyl (C=O) groups is 1. The molecule has 0 unspecified atom stereocenters. The normalized spacial score (nSPS) is 10.9. The van der Waals surface area contributed by atoms with E-state index in [1.54, 1.807) is 42.7 Å². The molecule has 34 heavy (non-hydrogen) atoms. The first-order valence-corrected chi connectivity index (χ1v) is 11.0. The predicted octanol–water partition coefficient (Wildman–Crippen LogP) is 4.97. The predicted molar refractivity (Wildman–Crippen MR) is 135 cm³/mol. The van der Waals surface area contributed by atoms with Gasteiger partial charge in [0.2, 0.25) is 0 Å². The minimum Gasteiger partial charge on any atom is -0.497 e. The summed E-state index contributed by atoms with van der Waals surface area (Å²) < 4.78 is 8.16. The number of nitro groups is 1. The van der Waals surface area contributed by atoms with E-state index in [-0.39, 0.29) is 24.0 Å². The first-order valence-electron chi connectivity index (χ1n) is 10.2. The van der Waals surface area contributed by atoms with Crippen molar-refractivity contribution >= 4 is 56.8 Å². The maximum Gasteiger partial charge on any atom is 0.270 e. The van der Waals surface area contributed by atoms with Crippen LogP contribution in [0.5, 0.6) is 5.75 Å². The summed E-state index contributed by atoms with van der Waals surface area (Å²) in [5.74, 6) is 0.472. The van der Waals surface area contributed by atoms with Crippen LogP contribution in [0.1, 0.15) is 12.0 Å². The van der Waals surface area contributed by atoms with Crippen LogP contribution in [0.4, 0.5) is 10.8 Å². The molecule has 0 aliphatic heterocycles. The smallest absolute Gasteiger partial charge is 0.270 e. The lowest BCUT2D eigenvalue weighted by atomic mass is 10.2. The highest BCUT2D eigenvalue weighted by Crippen LogP contribution is 2.32. The second kappa shape index (κ2) is 11.4. The van der Waals surface area contributed by atoms with Crippen LogP contribution in [-0.4, -0.2) is 39.0 Å². The molecule has 176 valence electrons. The second-order valence-corrected chi connectivity index (χ2v) is 8.17. The number of hydrogen-bond donors (Lipinski definition) is 0. The van der Waals surface area contributed by atoms with Gasteiger partial charge in [0.25, 0.3) is 11.6 Å². The number of aromatic nitrogens is 3. The summed E-state index contributed by atoms with van der Waals surface area (Å²) in [4.78, 5) is 34.0. The van der Waals surface area contributed by atoms with Gasteiger partial charge in [-0.25, -0.2) is 9.97 Å². The number of imidazole rings is 1. The Hall–Kier alpha value is -3.76. The number of rotatable bonds is 9. The largest absolute Gasteiger partial charge is 0.497 e. The Morgan fingerprint density at radius 1 is 1.29 bits per heavy atom. The lowest BCUT2D eigenvalue weighted by Crippen LogP contribution is -2.30. The zero-order chi connectivity index (χ0) is 23.2. The molecule has 0 saturated carbocycles. The van der Waals surface area contributed by atoms with Crippen molar-refractivity contribution < 1.29 is 14.5 Å². The van der Waals surface area contributed by atoms with Crippen molar-refractivity contribution in [2.75, 3.05) is 18.6 Å². The van der Waals surface area contributed by atoms with E-state index in [0.29, 0.717) is 30.2 Å². The van der Waals surface area contributed by atoms with Crippen LogP contribution < -0.4 is 9.64 Å². The van der Waals surface area contributed by atoms with Crippen LogP contribution >= 0.6 is 23.7 Å². The number of benzene rings is 2. The van der Waals surface area contributed by atoms with Crippen molar-refractivity contribution in [3.63, 3.8) is 0 Å². The average molecular weight is 500 g/mol. The number of nitro benzene ring substituents is 1. The van der Waals surface area contributed by atoms with Gasteiger partial charge in [0.1, 0.15) is 5.75 Å². The van der Waals surface area contributed by atoms with E-state index in [2.05, 4.69) is 9.97 Å². The van der Waals surface area contributed by atoms with Crippen LogP contribution in [0.2, 0.25) is 0 Å². The Bertz CT molecular complexity index is 1310. The SMILES string of the molecule is COc1ccc2nc(N(CCCn3ccnc3)C(=O)/C=C/c3cccc([N+](=O)[O-])c3)sc2c1.Cl. The van der Waals surface area contributed by atoms with Crippen molar-refractivity contribution in [1.82, 2.24) is 14.5 Å². The fraction of sp³-hybridized carbons (Fsp3) is 0.174. The van der Waals surface area contributed by atoms with Crippen LogP contribution in [0, 0.1) is 10.1 Å². The molecule has 4 rings (SSSR count). The minimum atomic E-state index is -0.461. The van der Waals surface area contributed by atoms with Gasteiger partial charge in [-0.2, -0.15) is 0 Å². The Morgan fingerprint density at radius 3 is 2.88 bits per heavy atom. The summed E-state index contributed by atoms with van der Waals surface area (Å²) in [6.07, 6.45) is 9.02. The molecule has 2 heterocycles. The highest BCUT2D eigenvalue weighted by molar-refractivity contribution is 7.22. The highest BCUT2D eigenvalue weighted by Gasteiger charge is 2.18. The maximum absolute atomic E-state index is 13.2. The number of carbonyl (C=O) groups excluding carboxylic acids is 1. The van der Waals surface area contributed by atoms with Crippen molar-refractivity contribution in [3.8, 4) is 5.75 Å². The van der Waals surface area contributed by atoms with Crippen molar-refractivity contribution in [3.05, 3.63) is 82.9 Å². The summed E-state index contributed by atoms with van der Waals surface area (Å²) in [7, 11) is 1.60. The van der Waals surface area contributed by atoms with Crippen molar-refractivity contribution in [2.24, 2.45) is 0 Å². The van der Waals surface area contributed by atoms with Crippen LogP contribution in [-0.2, 0) is 11.3 Å². The standard InChI is InChI=1S/C23H21N5O4S.ClH/c1-32-19-7-8-20-21(15-19)33-23(25-20)27(12-3-11-26-13-10-24-16-26)22(29)9-6-17-4-2-5-18(14-17)28(30)31;/h2,4-10,13-16H,3,11-12H2,1H3;1H/b9-6+;. The number of aryl methyl sites for hydroxylation is 1. The van der Waals surface area contributed by atoms with Gasteiger partial charge in [0.15, 0.2) is 5.13 Å². The molecule has 0 saturated heterocycles. The molecule has 0 aliphatic rings. The van der Waals surface area contributed by atoms with E-state index in [0.717, 1.165) is 16.0 Å². The van der Waals surface area contributed by atoms with Gasteiger partial charge in [-0.3, -0.25) is 19.8 Å². The quantitative estimate of drug-likeness (QED) is 0.183. The number of ether oxygens (including phenoxy) is 1. The third-order valence-electron chi connectivity index (χ3n) is 4.94. The van der Waals surface area contributed by atoms with Gasteiger partial charge in [-0.15, -0.1) is 12.4 Å². The monoisotopic (exact) mass is 499 g/mol. The second-order valence-electron chi connectivity index (χ2n) is 7.16. The Labute approximate surface area is 205 Å². The van der Waals surface area contributed by atoms with E-state index in [1.165, 1.54) is 29.5 Å². The molecule has 0 fully saturated rings. The number of nitrogens with zero attached hydrogens (tertiary/aromatic N) is 5. The first-order chi connectivity index (χ1) is 16.0. The summed E-state index contributed by atoms with van der Waals surface area (Å²) in [6, 6.07) is 11.7. The Morgan fingerprint density at radius 2 is 2.15 bits per heavy atom. The van der Waals surface area contributed by atoms with E-state index in [9.17, 15) is 14.9 Å². The number of amides is 1. The molecule has 9 nitrogen and oxygen atoms in total. The fourth-order valence-corrected chi connectivity index (χ4v) is 4.29. The van der Waals surface area contributed by atoms with Gasteiger partial charge in [-0.05, 0) is 36.3 Å². The summed E-state index contributed by atoms with van der Waals surface area (Å²) in [5.41, 5.74) is 1.33. The molecule has 0 radical (unpaired) electrons. The molecule has 11 heteroatoms. The van der Waals surface area contributed by atoms with Gasteiger partial charge < -0.3 is 9.30 Å². The van der Waals surface area contributed by atoms with E-state index in [1.807, 2.05) is 29.0 Å². The molecular weight excluding hydrogens is 478 g/mol. The summed E-state index contributed by atoms with van der Waals surface area (Å²) in [6.45, 7) is 1.16. The van der Waals surface area contributed by atoms with E-state index in [4.69, 9.17) is 4.74 Å². The number of hydrogen-bond acceptors (Lipinski definition) is 7. The van der Waals surface area contributed by atoms with Crippen molar-refractivity contribution in [2.45, 2.75) is 13.0 Å². The lowest BCUT2D eigenvalue weighted by molar-refractivity contribution is -0.384. The summed E-state index contributed by atoms with van der Waals surface area (Å²) in [5, 5.41) is 11.6. The number of thiazole rings is 1. The Balaban J connectivity index is 0.00000324. The number of fused-ring (bicyclic) bond motifs is 1. The Kier molecular flexibility index (Phi) is 8.34. The molecule has 1 amide bonds. The number of anilines is 1. The molecule has 0 spiro atoms. The molecular formula is C23H22ClN5O4S. The maximum atomic E-state index is 13.2. The molecule has 2 aromatic heterocycles.